The van der Waals surface area contributed by atoms with Crippen LogP contribution < -0.4 is 4.90 Å². The lowest BCUT2D eigenvalue weighted by Crippen LogP contribution is -2.66. The van der Waals surface area contributed by atoms with Crippen molar-refractivity contribution in [3.8, 4) is 0 Å². The number of Topliss-reactive ketones (excluding diaryl/α,β-unsaturated/α-hetero) is 1. The Morgan fingerprint density at radius 2 is 2.00 bits per heavy atom. The van der Waals surface area contributed by atoms with Crippen molar-refractivity contribution in [3.05, 3.63) is 35.1 Å². The topological polar surface area (TPSA) is 125 Å². The number of ether oxygens (including phenoxy) is 1. The lowest BCUT2D eigenvalue weighted by atomic mass is 9.59. The van der Waals surface area contributed by atoms with Crippen molar-refractivity contribution in [1.82, 2.24) is 9.78 Å². The van der Waals surface area contributed by atoms with Crippen LogP contribution in [-0.4, -0.2) is 68.4 Å². The largest absolute Gasteiger partial charge is 0.438 e. The third-order valence-corrected chi connectivity index (χ3v) is 9.83. The molecule has 1 spiro atoms. The SMILES string of the molecule is CC1=C[C@]23C(=O)[C@@H](C=C(CO)[C@@H](O)[C@]2(O)[C@H]1OC(=O)N(C)c1cc(C)n(C)n1)[C@H]1[C@@H](C[C@H]3C)C1(C)C. The summed E-state index contributed by atoms with van der Waals surface area (Å²) in [4.78, 5) is 28.9. The molecule has 2 fully saturated rings. The molecule has 2 bridgehead atoms. The van der Waals surface area contributed by atoms with E-state index in [2.05, 4.69) is 18.9 Å². The van der Waals surface area contributed by atoms with Crippen LogP contribution in [0.3, 0.4) is 0 Å². The van der Waals surface area contributed by atoms with E-state index in [1.807, 2.05) is 13.8 Å². The Labute approximate surface area is 211 Å². The number of hydrogen-bond donors (Lipinski definition) is 3. The van der Waals surface area contributed by atoms with Gasteiger partial charge >= 0.3 is 6.09 Å². The van der Waals surface area contributed by atoms with Crippen LogP contribution in [0.5, 0.6) is 0 Å². The summed E-state index contributed by atoms with van der Waals surface area (Å²) in [5.74, 6) is -0.310. The Kier molecular flexibility index (Phi) is 5.42. The van der Waals surface area contributed by atoms with Crippen LogP contribution in [0.15, 0.2) is 29.4 Å². The van der Waals surface area contributed by atoms with E-state index in [0.29, 0.717) is 17.8 Å². The molecule has 8 atom stereocenters. The second-order valence-corrected chi connectivity index (χ2v) is 12.0. The highest BCUT2D eigenvalue weighted by molar-refractivity contribution is 5.95. The molecule has 36 heavy (non-hydrogen) atoms. The minimum absolute atomic E-state index is 0.0482. The number of hydrogen-bond acceptors (Lipinski definition) is 7. The summed E-state index contributed by atoms with van der Waals surface area (Å²) in [5.41, 5.74) is -2.12. The molecule has 1 aromatic rings. The first-order valence-corrected chi connectivity index (χ1v) is 12.6. The average molecular weight is 500 g/mol. The van der Waals surface area contributed by atoms with E-state index < -0.39 is 41.8 Å². The van der Waals surface area contributed by atoms with Gasteiger partial charge in [0.15, 0.2) is 23.3 Å². The molecular formula is C27H37N3O6. The van der Waals surface area contributed by atoms with E-state index in [1.165, 1.54) is 11.9 Å². The van der Waals surface area contributed by atoms with Gasteiger partial charge in [0.25, 0.3) is 0 Å². The monoisotopic (exact) mass is 499 g/mol. The molecule has 2 saturated carbocycles. The minimum atomic E-state index is -2.16. The van der Waals surface area contributed by atoms with Crippen LogP contribution >= 0.6 is 0 Å². The van der Waals surface area contributed by atoms with E-state index in [1.54, 1.807) is 36.9 Å². The highest BCUT2D eigenvalue weighted by Crippen LogP contribution is 2.71. The number of allylic oxidation sites excluding steroid dienone is 1. The van der Waals surface area contributed by atoms with Gasteiger partial charge in [0.05, 0.1) is 12.0 Å². The Morgan fingerprint density at radius 1 is 1.33 bits per heavy atom. The number of amides is 1. The Bertz CT molecular complexity index is 1180. The molecule has 5 rings (SSSR count). The fourth-order valence-corrected chi connectivity index (χ4v) is 7.57. The molecule has 4 aliphatic carbocycles. The van der Waals surface area contributed by atoms with E-state index in [-0.39, 0.29) is 34.5 Å². The fraction of sp³-hybridized carbons (Fsp3) is 0.667. The minimum Gasteiger partial charge on any atom is -0.438 e. The number of ketones is 1. The van der Waals surface area contributed by atoms with Gasteiger partial charge in [-0.1, -0.05) is 32.9 Å². The molecule has 1 heterocycles. The Hall–Kier alpha value is -2.49. The molecule has 4 aliphatic rings. The smallest absolute Gasteiger partial charge is 0.415 e. The molecule has 196 valence electrons. The second kappa shape index (κ2) is 7.76. The summed E-state index contributed by atoms with van der Waals surface area (Å²) in [5, 5.41) is 38.5. The lowest BCUT2D eigenvalue weighted by Gasteiger charge is -2.48. The lowest BCUT2D eigenvalue weighted by molar-refractivity contribution is -0.189. The van der Waals surface area contributed by atoms with Crippen LogP contribution in [0.2, 0.25) is 0 Å². The molecule has 0 saturated heterocycles. The number of rotatable bonds is 3. The van der Waals surface area contributed by atoms with Crippen LogP contribution in [0, 0.1) is 41.4 Å². The van der Waals surface area contributed by atoms with Crippen LogP contribution in [-0.2, 0) is 16.6 Å². The molecule has 0 aromatic carbocycles. The van der Waals surface area contributed by atoms with Crippen molar-refractivity contribution in [2.24, 2.45) is 41.5 Å². The quantitative estimate of drug-likeness (QED) is 0.544. The number of nitrogens with zero attached hydrogens (tertiary/aromatic N) is 3. The molecule has 0 radical (unpaired) electrons. The van der Waals surface area contributed by atoms with Crippen molar-refractivity contribution in [1.29, 1.82) is 0 Å². The van der Waals surface area contributed by atoms with Crippen molar-refractivity contribution in [2.75, 3.05) is 18.6 Å². The first kappa shape index (κ1) is 25.2. The maximum absolute atomic E-state index is 14.4. The van der Waals surface area contributed by atoms with Gasteiger partial charge in [-0.2, -0.15) is 5.10 Å². The number of anilines is 1. The number of aliphatic hydroxyl groups excluding tert-OH is 2. The van der Waals surface area contributed by atoms with Crippen molar-refractivity contribution in [2.45, 2.75) is 58.8 Å². The van der Waals surface area contributed by atoms with Crippen LogP contribution in [0.25, 0.3) is 0 Å². The molecular weight excluding hydrogens is 462 g/mol. The van der Waals surface area contributed by atoms with E-state index in [4.69, 9.17) is 4.74 Å². The Morgan fingerprint density at radius 3 is 2.58 bits per heavy atom. The molecule has 3 N–H and O–H groups in total. The van der Waals surface area contributed by atoms with Gasteiger partial charge in [-0.05, 0) is 54.6 Å². The zero-order valence-electron chi connectivity index (χ0n) is 22.0. The van der Waals surface area contributed by atoms with Crippen molar-refractivity contribution >= 4 is 17.7 Å². The van der Waals surface area contributed by atoms with Crippen LogP contribution in [0.1, 0.15) is 39.8 Å². The number of aryl methyl sites for hydroxylation is 2. The number of aromatic nitrogens is 2. The summed E-state index contributed by atoms with van der Waals surface area (Å²) >= 11 is 0. The molecule has 0 aliphatic heterocycles. The maximum atomic E-state index is 14.4. The van der Waals surface area contributed by atoms with Gasteiger partial charge in [-0.15, -0.1) is 0 Å². The summed E-state index contributed by atoms with van der Waals surface area (Å²) in [7, 11) is 3.28. The third kappa shape index (κ3) is 2.96. The van der Waals surface area contributed by atoms with Gasteiger partial charge in [0, 0.05) is 31.8 Å². The zero-order valence-corrected chi connectivity index (χ0v) is 22.0. The Balaban J connectivity index is 1.58. The zero-order chi connectivity index (χ0) is 26.5. The first-order valence-electron chi connectivity index (χ1n) is 12.6. The number of aliphatic hydroxyl groups is 3. The van der Waals surface area contributed by atoms with E-state index in [9.17, 15) is 24.9 Å². The van der Waals surface area contributed by atoms with Crippen LogP contribution in [0.4, 0.5) is 10.6 Å². The molecule has 9 heteroatoms. The number of carbonyl (C=O) groups excluding carboxylic acids is 2. The van der Waals surface area contributed by atoms with E-state index in [0.717, 1.165) is 5.69 Å². The van der Waals surface area contributed by atoms with Crippen molar-refractivity contribution in [3.63, 3.8) is 0 Å². The maximum Gasteiger partial charge on any atom is 0.415 e. The third-order valence-electron chi connectivity index (χ3n) is 9.83. The molecule has 9 nitrogen and oxygen atoms in total. The normalized spacial score (nSPS) is 40.3. The van der Waals surface area contributed by atoms with Gasteiger partial charge < -0.3 is 20.1 Å². The molecule has 1 amide bonds. The summed E-state index contributed by atoms with van der Waals surface area (Å²) in [6, 6.07) is 1.73. The molecule has 0 unspecified atom stereocenters. The number of fused-ring (bicyclic) bond motifs is 3. The standard InChI is InChI=1S/C27H37N3O6/c1-13-11-26-14(2)8-18-20(25(18,4)5)17(22(26)33)10-16(12-31)21(32)27(26,35)23(13)36-24(34)29(6)19-9-15(3)30(7)28-19/h9-11,14,17-18,20-21,23,31-32,35H,8,12H2,1-7H3/t14-,17+,18-,20+,21-,23+,26+,27+/m1/s1. The van der Waals surface area contributed by atoms with Gasteiger partial charge in [-0.3, -0.25) is 14.4 Å². The van der Waals surface area contributed by atoms with Gasteiger partial charge in [0.2, 0.25) is 0 Å². The summed E-state index contributed by atoms with van der Waals surface area (Å²) in [6.45, 7) is 9.29. The second-order valence-electron chi connectivity index (χ2n) is 12.0. The highest BCUT2D eigenvalue weighted by Gasteiger charge is 2.76. The predicted octanol–water partition coefficient (Wildman–Crippen LogP) is 2.14. The molecule has 1 aromatic heterocycles. The van der Waals surface area contributed by atoms with Crippen molar-refractivity contribution < 1.29 is 29.6 Å². The van der Waals surface area contributed by atoms with E-state index >= 15 is 0 Å². The summed E-state index contributed by atoms with van der Waals surface area (Å²) in [6.07, 6.45) is 0.456. The summed E-state index contributed by atoms with van der Waals surface area (Å²) < 4.78 is 7.51. The van der Waals surface area contributed by atoms with Gasteiger partial charge in [0.1, 0.15) is 6.10 Å². The van der Waals surface area contributed by atoms with Gasteiger partial charge in [-0.25, -0.2) is 4.79 Å². The predicted molar refractivity (Wildman–Crippen MR) is 132 cm³/mol. The highest BCUT2D eigenvalue weighted by atomic mass is 16.6. The fourth-order valence-electron chi connectivity index (χ4n) is 7.57. The first-order chi connectivity index (χ1) is 16.7. The average Bonchev–Trinajstić information content (AvgIpc) is 3.10. The number of carbonyl (C=O) groups is 2.